The van der Waals surface area contributed by atoms with Gasteiger partial charge in [-0.05, 0) is 48.5 Å². The summed E-state index contributed by atoms with van der Waals surface area (Å²) < 4.78 is 48.1. The number of aromatic nitrogens is 8. The van der Waals surface area contributed by atoms with Crippen LogP contribution in [0.1, 0.15) is 0 Å². The number of fused-ring (bicyclic) bond motifs is 24. The zero-order valence-electron chi connectivity index (χ0n) is 29.2. The van der Waals surface area contributed by atoms with Crippen LogP contribution in [0.3, 0.4) is 0 Å². The van der Waals surface area contributed by atoms with Crippen LogP contribution in [-0.2, 0) is 0 Å². The Morgan fingerprint density at radius 1 is 0.286 bits per heavy atom. The highest BCUT2D eigenvalue weighted by atomic mass is 16.6. The van der Waals surface area contributed by atoms with Gasteiger partial charge in [0.25, 0.3) is 0 Å². The van der Waals surface area contributed by atoms with Crippen LogP contribution in [0, 0.1) is 0 Å². The zero-order valence-corrected chi connectivity index (χ0v) is 29.2. The van der Waals surface area contributed by atoms with Gasteiger partial charge in [0.05, 0.1) is 0 Å². The molecule has 6 aliphatic rings. The highest BCUT2D eigenvalue weighted by Gasteiger charge is 2.28. The first kappa shape index (κ1) is 30.0. The van der Waals surface area contributed by atoms with E-state index in [9.17, 15) is 0 Å². The topological polar surface area (TPSA) is 183 Å². The van der Waals surface area contributed by atoms with Gasteiger partial charge in [-0.15, -0.1) is 0 Å². The minimum Gasteiger partial charge on any atom is -0.486 e. The predicted octanol–water partition coefficient (Wildman–Crippen LogP) is 5.95. The van der Waals surface area contributed by atoms with Crippen LogP contribution in [0.25, 0.3) is 89.7 Å². The van der Waals surface area contributed by atoms with Gasteiger partial charge in [0, 0.05) is 43.8 Å². The Labute approximate surface area is 314 Å². The second-order valence-corrected chi connectivity index (χ2v) is 13.8. The molecule has 56 heavy (non-hydrogen) atoms. The SMILES string of the molecule is c1c2c(cc3c1-c1nc-3nc3[nH]c(nc4nc(nc5[nH]c(n1)c1cc6c(cc51)OCCO6)-c1cc5c(cc1-4)OCCO5)c1cc4c(cc31)OCCO4)OCCO2. The molecule has 274 valence electrons. The molecule has 0 fully saturated rings. The normalized spacial score (nSPS) is 15.7. The average molecular weight is 747 g/mol. The van der Waals surface area contributed by atoms with Crippen molar-refractivity contribution in [3.63, 3.8) is 0 Å². The average Bonchev–Trinajstić information content (AvgIpc) is 3.95. The molecule has 0 spiro atoms. The van der Waals surface area contributed by atoms with Gasteiger partial charge in [-0.3, -0.25) is 0 Å². The first-order valence-electron chi connectivity index (χ1n) is 18.2. The summed E-state index contributed by atoms with van der Waals surface area (Å²) in [5.74, 6) is 6.55. The fraction of sp³-hybridized carbons (Fsp3) is 0.200. The van der Waals surface area contributed by atoms with Gasteiger partial charge in [-0.2, -0.15) is 0 Å². The molecule has 8 bridgehead atoms. The lowest BCUT2D eigenvalue weighted by atomic mass is 10.1. The van der Waals surface area contributed by atoms with E-state index in [0.717, 1.165) is 43.8 Å². The highest BCUT2D eigenvalue weighted by molar-refractivity contribution is 6.08. The minimum absolute atomic E-state index is 0.422. The lowest BCUT2D eigenvalue weighted by Crippen LogP contribution is -2.15. The molecule has 13 rings (SSSR count). The van der Waals surface area contributed by atoms with Crippen molar-refractivity contribution in [3.8, 4) is 91.5 Å². The third kappa shape index (κ3) is 4.40. The molecule has 0 aliphatic carbocycles. The van der Waals surface area contributed by atoms with Crippen LogP contribution in [-0.4, -0.2) is 92.7 Å². The van der Waals surface area contributed by atoms with Gasteiger partial charge in [0.1, 0.15) is 75.4 Å². The van der Waals surface area contributed by atoms with E-state index in [1.54, 1.807) is 0 Å². The summed E-state index contributed by atoms with van der Waals surface area (Å²) in [6.07, 6.45) is 0. The van der Waals surface area contributed by atoms with Gasteiger partial charge < -0.3 is 47.9 Å². The molecule has 0 atom stereocenters. The summed E-state index contributed by atoms with van der Waals surface area (Å²) in [6.45, 7) is 3.46. The standard InChI is InChI=1S/C40H26N8O8/c1-2-50-26-10-18-17(9-25(26)49-1)33-41-34(18)46-36-21-13-29-30(54-6-5-53-29)14-22(21)38(43-36)48-40-24-16-32-31(55-7-8-56-32)15-23(24)39(44-40)47-37-20-12-28-27(51-3-4-52-28)11-19(20)35(42-37)45-33/h9-16H,1-8H2,(H2,41,42,43,44,45,46,47,48). The monoisotopic (exact) mass is 746 g/mol. The molecule has 16 nitrogen and oxygen atoms in total. The number of hydrogen-bond acceptors (Lipinski definition) is 14. The summed E-state index contributed by atoms with van der Waals surface area (Å²) in [5, 5.41) is 3.02. The molecule has 9 heterocycles. The molecule has 0 radical (unpaired) electrons. The number of nitrogens with zero attached hydrogens (tertiary/aromatic N) is 6. The number of nitrogens with one attached hydrogen (secondary N) is 2. The van der Waals surface area contributed by atoms with Gasteiger partial charge in [0.2, 0.25) is 0 Å². The molecule has 0 unspecified atom stereocenters. The van der Waals surface area contributed by atoms with Crippen LogP contribution < -0.4 is 37.9 Å². The lowest BCUT2D eigenvalue weighted by Gasteiger charge is -2.19. The van der Waals surface area contributed by atoms with Crippen molar-refractivity contribution in [2.24, 2.45) is 0 Å². The fourth-order valence-corrected chi connectivity index (χ4v) is 7.93. The third-order valence-electron chi connectivity index (χ3n) is 10.5. The lowest BCUT2D eigenvalue weighted by molar-refractivity contribution is 0.172. The number of hydrogen-bond donors (Lipinski definition) is 2. The molecule has 0 saturated heterocycles. The second-order valence-electron chi connectivity index (χ2n) is 13.8. The van der Waals surface area contributed by atoms with E-state index in [1.807, 2.05) is 48.5 Å². The number of aromatic amines is 2. The summed E-state index contributed by atoms with van der Waals surface area (Å²) in [7, 11) is 0. The Hall–Kier alpha value is -7.36. The first-order chi connectivity index (χ1) is 27.7. The summed E-state index contributed by atoms with van der Waals surface area (Å²) in [4.78, 5) is 37.7. The van der Waals surface area contributed by atoms with Crippen LogP contribution in [0.4, 0.5) is 0 Å². The van der Waals surface area contributed by atoms with Crippen molar-refractivity contribution in [2.45, 2.75) is 0 Å². The summed E-state index contributed by atoms with van der Waals surface area (Å²) in [6, 6.07) is 15.3. The Balaban J connectivity index is 1.19. The van der Waals surface area contributed by atoms with E-state index in [-0.39, 0.29) is 0 Å². The smallest absolute Gasteiger partial charge is 0.164 e. The van der Waals surface area contributed by atoms with E-state index >= 15 is 0 Å². The first-order valence-corrected chi connectivity index (χ1v) is 18.2. The molecule has 2 N–H and O–H groups in total. The van der Waals surface area contributed by atoms with E-state index in [4.69, 9.17) is 67.8 Å². The highest BCUT2D eigenvalue weighted by Crippen LogP contribution is 2.46. The number of benzene rings is 4. The Kier molecular flexibility index (Phi) is 5.95. The van der Waals surface area contributed by atoms with E-state index < -0.39 is 0 Å². The quantitative estimate of drug-likeness (QED) is 0.186. The molecule has 6 aliphatic heterocycles. The van der Waals surface area contributed by atoms with Gasteiger partial charge in [-0.1, -0.05) is 0 Å². The van der Waals surface area contributed by atoms with Crippen molar-refractivity contribution in [3.05, 3.63) is 48.5 Å². The van der Waals surface area contributed by atoms with Crippen molar-refractivity contribution in [1.29, 1.82) is 0 Å². The van der Waals surface area contributed by atoms with E-state index in [2.05, 4.69) is 9.97 Å². The number of H-pyrrole nitrogens is 2. The Morgan fingerprint density at radius 3 is 0.732 bits per heavy atom. The van der Waals surface area contributed by atoms with Crippen molar-refractivity contribution < 1.29 is 37.9 Å². The number of rotatable bonds is 0. The van der Waals surface area contributed by atoms with Gasteiger partial charge in [0.15, 0.2) is 69.3 Å². The summed E-state index contributed by atoms with van der Waals surface area (Å²) in [5.41, 5.74) is 4.95. The van der Waals surface area contributed by atoms with Crippen LogP contribution >= 0.6 is 0 Å². The molecule has 7 aromatic rings. The predicted molar refractivity (Wildman–Crippen MR) is 200 cm³/mol. The maximum atomic E-state index is 6.01. The van der Waals surface area contributed by atoms with Crippen LogP contribution in [0.15, 0.2) is 48.5 Å². The Bertz CT molecular complexity index is 2690. The van der Waals surface area contributed by atoms with Gasteiger partial charge >= 0.3 is 0 Å². The maximum Gasteiger partial charge on any atom is 0.164 e. The van der Waals surface area contributed by atoms with Gasteiger partial charge in [-0.25, -0.2) is 29.9 Å². The molecule has 4 aromatic carbocycles. The maximum absolute atomic E-state index is 6.01. The molecular weight excluding hydrogens is 720 g/mol. The van der Waals surface area contributed by atoms with Crippen LogP contribution in [0.5, 0.6) is 46.0 Å². The molecule has 0 saturated carbocycles. The second kappa shape index (κ2) is 11.1. The number of ether oxygens (including phenoxy) is 8. The van der Waals surface area contributed by atoms with Crippen molar-refractivity contribution in [1.82, 2.24) is 39.9 Å². The Morgan fingerprint density at radius 2 is 0.500 bits per heavy atom. The molecule has 16 heteroatoms. The molecule has 0 amide bonds. The molecular formula is C40H26N8O8. The fourth-order valence-electron chi connectivity index (χ4n) is 7.93. The van der Waals surface area contributed by atoms with E-state index in [1.165, 1.54) is 0 Å². The largest absolute Gasteiger partial charge is 0.486 e. The van der Waals surface area contributed by atoms with Crippen molar-refractivity contribution in [2.75, 3.05) is 52.9 Å². The van der Waals surface area contributed by atoms with Crippen LogP contribution in [0.2, 0.25) is 0 Å². The van der Waals surface area contributed by atoms with E-state index in [0.29, 0.717) is 145 Å². The summed E-state index contributed by atoms with van der Waals surface area (Å²) >= 11 is 0. The minimum atomic E-state index is 0.422. The third-order valence-corrected chi connectivity index (χ3v) is 10.5. The zero-order chi connectivity index (χ0) is 36.5. The van der Waals surface area contributed by atoms with Crippen molar-refractivity contribution >= 4 is 44.1 Å². The molecule has 3 aromatic heterocycles.